The van der Waals surface area contributed by atoms with Gasteiger partial charge in [-0.15, -0.1) is 0 Å². The molecule has 31 heavy (non-hydrogen) atoms. The predicted octanol–water partition coefficient (Wildman–Crippen LogP) is 4.64. The summed E-state index contributed by atoms with van der Waals surface area (Å²) in [5.74, 6) is 1.57. The molecule has 0 bridgehead atoms. The molecule has 158 valence electrons. The number of rotatable bonds is 7. The number of amides is 1. The van der Waals surface area contributed by atoms with E-state index in [1.165, 1.54) is 6.26 Å². The summed E-state index contributed by atoms with van der Waals surface area (Å²) in [5, 5.41) is 2.09. The van der Waals surface area contributed by atoms with Crippen LogP contribution in [-0.4, -0.2) is 34.9 Å². The Bertz CT molecular complexity index is 1190. The molecular formula is C24H23N3O4. The summed E-state index contributed by atoms with van der Waals surface area (Å²) in [6, 6.07) is 15.3. The molecule has 0 fully saturated rings. The Labute approximate surface area is 180 Å². The van der Waals surface area contributed by atoms with Gasteiger partial charge in [-0.1, -0.05) is 12.1 Å². The fraction of sp³-hybridized carbons (Fsp3) is 0.208. The third-order valence-electron chi connectivity index (χ3n) is 5.24. The van der Waals surface area contributed by atoms with Crippen molar-refractivity contribution < 1.29 is 18.7 Å². The number of hydrogen-bond acceptors (Lipinski definition) is 6. The molecule has 0 unspecified atom stereocenters. The minimum atomic E-state index is -0.225. The number of aromatic nitrogens is 2. The number of methoxy groups -OCH3 is 1. The monoisotopic (exact) mass is 417 g/mol. The summed E-state index contributed by atoms with van der Waals surface area (Å²) < 4.78 is 16.5. The molecule has 7 heteroatoms. The van der Waals surface area contributed by atoms with Gasteiger partial charge in [0, 0.05) is 19.4 Å². The van der Waals surface area contributed by atoms with E-state index in [-0.39, 0.29) is 24.2 Å². The van der Waals surface area contributed by atoms with Gasteiger partial charge in [-0.3, -0.25) is 9.78 Å². The Kier molecular flexibility index (Phi) is 5.84. The van der Waals surface area contributed by atoms with Gasteiger partial charge in [-0.25, -0.2) is 4.98 Å². The van der Waals surface area contributed by atoms with Crippen LogP contribution < -0.4 is 9.47 Å². The van der Waals surface area contributed by atoms with Crippen LogP contribution in [0.15, 0.2) is 71.6 Å². The van der Waals surface area contributed by atoms with Gasteiger partial charge in [-0.2, -0.15) is 0 Å². The average molecular weight is 417 g/mol. The van der Waals surface area contributed by atoms with E-state index in [4.69, 9.17) is 13.9 Å². The summed E-state index contributed by atoms with van der Waals surface area (Å²) in [6.07, 6.45) is 4.78. The zero-order valence-corrected chi connectivity index (χ0v) is 17.6. The Morgan fingerprint density at radius 3 is 2.52 bits per heavy atom. The van der Waals surface area contributed by atoms with Gasteiger partial charge in [0.05, 0.1) is 13.2 Å². The third-order valence-corrected chi connectivity index (χ3v) is 5.24. The Morgan fingerprint density at radius 2 is 1.77 bits per heavy atom. The second-order valence-electron chi connectivity index (χ2n) is 7.16. The number of fused-ring (bicyclic) bond motifs is 1. The molecule has 0 N–H and O–H groups in total. The summed E-state index contributed by atoms with van der Waals surface area (Å²) in [7, 11) is 3.37. The molecular weight excluding hydrogens is 394 g/mol. The van der Waals surface area contributed by atoms with E-state index in [1.54, 1.807) is 31.5 Å². The lowest BCUT2D eigenvalue weighted by Gasteiger charge is -2.24. The Balaban J connectivity index is 1.42. The van der Waals surface area contributed by atoms with E-state index < -0.39 is 0 Å². The van der Waals surface area contributed by atoms with Crippen molar-refractivity contribution >= 4 is 16.7 Å². The van der Waals surface area contributed by atoms with Crippen molar-refractivity contribution in [2.24, 2.45) is 0 Å². The zero-order chi connectivity index (χ0) is 21.8. The minimum Gasteiger partial charge on any atom is -0.497 e. The first-order valence-electron chi connectivity index (χ1n) is 9.87. The first kappa shape index (κ1) is 20.4. The topological polar surface area (TPSA) is 77.7 Å². The van der Waals surface area contributed by atoms with E-state index in [1.807, 2.05) is 55.5 Å². The van der Waals surface area contributed by atoms with Crippen LogP contribution in [0.5, 0.6) is 11.5 Å². The average Bonchev–Trinajstić information content (AvgIpc) is 3.30. The molecule has 4 rings (SSSR count). The van der Waals surface area contributed by atoms with Crippen LogP contribution in [0.25, 0.3) is 10.8 Å². The number of nitrogens with zero attached hydrogens (tertiary/aromatic N) is 3. The molecule has 0 aliphatic heterocycles. The smallest absolute Gasteiger partial charge is 0.276 e. The summed E-state index contributed by atoms with van der Waals surface area (Å²) in [5.41, 5.74) is 1.23. The van der Waals surface area contributed by atoms with Gasteiger partial charge >= 0.3 is 0 Å². The maximum Gasteiger partial charge on any atom is 0.276 e. The van der Waals surface area contributed by atoms with E-state index in [0.29, 0.717) is 11.6 Å². The fourth-order valence-electron chi connectivity index (χ4n) is 3.26. The molecule has 0 radical (unpaired) electrons. The number of pyridine rings is 1. The third kappa shape index (κ3) is 4.50. The molecule has 2 aromatic heterocycles. The largest absolute Gasteiger partial charge is 0.497 e. The van der Waals surface area contributed by atoms with Crippen LogP contribution in [0.3, 0.4) is 0 Å². The maximum absolute atomic E-state index is 12.8. The number of benzene rings is 2. The Hall–Kier alpha value is -3.87. The van der Waals surface area contributed by atoms with Crippen molar-refractivity contribution in [3.63, 3.8) is 0 Å². The van der Waals surface area contributed by atoms with Gasteiger partial charge in [0.2, 0.25) is 5.89 Å². The quantitative estimate of drug-likeness (QED) is 0.436. The maximum atomic E-state index is 12.8. The van der Waals surface area contributed by atoms with Crippen molar-refractivity contribution in [3.8, 4) is 11.5 Å². The van der Waals surface area contributed by atoms with Crippen LogP contribution >= 0.6 is 0 Å². The van der Waals surface area contributed by atoms with Gasteiger partial charge in [-0.05, 0) is 59.7 Å². The lowest BCUT2D eigenvalue weighted by molar-refractivity contribution is 0.0736. The highest BCUT2D eigenvalue weighted by atomic mass is 16.5. The van der Waals surface area contributed by atoms with Crippen LogP contribution in [0, 0.1) is 0 Å². The SMILES string of the molecule is COc1ccc2ccc(OCc3nc(C(=O)N(C)[C@@H](C)c4ccncc4)co3)cc2c1. The number of carbonyl (C=O) groups excluding carboxylic acids is 1. The predicted molar refractivity (Wildman–Crippen MR) is 116 cm³/mol. The second kappa shape index (κ2) is 8.87. The summed E-state index contributed by atoms with van der Waals surface area (Å²) in [4.78, 5) is 22.7. The van der Waals surface area contributed by atoms with E-state index in [9.17, 15) is 4.79 Å². The van der Waals surface area contributed by atoms with Gasteiger partial charge in [0.1, 0.15) is 17.8 Å². The molecule has 2 aromatic carbocycles. The Morgan fingerprint density at radius 1 is 1.06 bits per heavy atom. The van der Waals surface area contributed by atoms with E-state index in [2.05, 4.69) is 9.97 Å². The van der Waals surface area contributed by atoms with Gasteiger partial charge < -0.3 is 18.8 Å². The van der Waals surface area contributed by atoms with Crippen molar-refractivity contribution in [2.45, 2.75) is 19.6 Å². The highest BCUT2D eigenvalue weighted by molar-refractivity contribution is 5.92. The zero-order valence-electron chi connectivity index (χ0n) is 17.6. The number of hydrogen-bond donors (Lipinski definition) is 0. The highest BCUT2D eigenvalue weighted by Crippen LogP contribution is 2.25. The number of oxazole rings is 1. The first-order valence-corrected chi connectivity index (χ1v) is 9.87. The molecule has 0 spiro atoms. The van der Waals surface area contributed by atoms with Crippen LogP contribution in [0.2, 0.25) is 0 Å². The highest BCUT2D eigenvalue weighted by Gasteiger charge is 2.22. The minimum absolute atomic E-state index is 0.117. The van der Waals surface area contributed by atoms with E-state index in [0.717, 1.165) is 22.1 Å². The number of carbonyl (C=O) groups is 1. The normalized spacial score (nSPS) is 11.8. The van der Waals surface area contributed by atoms with Crippen molar-refractivity contribution in [2.75, 3.05) is 14.2 Å². The van der Waals surface area contributed by atoms with Crippen LogP contribution in [-0.2, 0) is 6.61 Å². The molecule has 0 aliphatic rings. The summed E-state index contributed by atoms with van der Waals surface area (Å²) >= 11 is 0. The summed E-state index contributed by atoms with van der Waals surface area (Å²) in [6.45, 7) is 2.07. The molecule has 2 heterocycles. The fourth-order valence-corrected chi connectivity index (χ4v) is 3.26. The van der Waals surface area contributed by atoms with Gasteiger partial charge in [0.25, 0.3) is 5.91 Å². The lowest BCUT2D eigenvalue weighted by Crippen LogP contribution is -2.30. The first-order chi connectivity index (χ1) is 15.0. The molecule has 1 atom stereocenters. The second-order valence-corrected chi connectivity index (χ2v) is 7.16. The van der Waals surface area contributed by atoms with Crippen molar-refractivity contribution in [1.82, 2.24) is 14.9 Å². The molecule has 4 aromatic rings. The van der Waals surface area contributed by atoms with Gasteiger partial charge in [0.15, 0.2) is 12.3 Å². The van der Waals surface area contributed by atoms with Crippen molar-refractivity contribution in [3.05, 3.63) is 84.3 Å². The van der Waals surface area contributed by atoms with Crippen molar-refractivity contribution in [1.29, 1.82) is 0 Å². The molecule has 0 saturated heterocycles. The molecule has 7 nitrogen and oxygen atoms in total. The lowest BCUT2D eigenvalue weighted by atomic mass is 10.1. The van der Waals surface area contributed by atoms with Crippen LogP contribution in [0.1, 0.15) is 34.9 Å². The standard InChI is InChI=1S/C24H23N3O4/c1-16(17-8-10-25-11-9-17)27(2)24(28)22-14-31-23(26-22)15-30-21-7-5-18-4-6-20(29-3)12-19(18)13-21/h4-14,16H,15H2,1-3H3/t16-/m0/s1. The number of ether oxygens (including phenoxy) is 2. The van der Waals surface area contributed by atoms with E-state index >= 15 is 0 Å². The van der Waals surface area contributed by atoms with Crippen LogP contribution in [0.4, 0.5) is 0 Å². The molecule has 0 aliphatic carbocycles. The molecule has 0 saturated carbocycles. The molecule has 1 amide bonds.